The van der Waals surface area contributed by atoms with Crippen molar-refractivity contribution < 1.29 is 0 Å². The summed E-state index contributed by atoms with van der Waals surface area (Å²) in [5.41, 5.74) is 2.08. The van der Waals surface area contributed by atoms with Crippen molar-refractivity contribution in [3.63, 3.8) is 0 Å². The molecule has 1 N–H and O–H groups in total. The van der Waals surface area contributed by atoms with E-state index in [9.17, 15) is 0 Å². The van der Waals surface area contributed by atoms with E-state index in [0.29, 0.717) is 0 Å². The Morgan fingerprint density at radius 1 is 1.00 bits per heavy atom. The molecular weight excluding hydrogens is 282 g/mol. The summed E-state index contributed by atoms with van der Waals surface area (Å²) in [6.07, 6.45) is 0.958. The minimum Gasteiger partial charge on any atom is -0.363 e. The van der Waals surface area contributed by atoms with Crippen LogP contribution in [-0.2, 0) is 0 Å². The first-order valence-electron chi connectivity index (χ1n) is 7.01. The molecule has 4 heteroatoms. The predicted octanol–water partition coefficient (Wildman–Crippen LogP) is 4.85. The summed E-state index contributed by atoms with van der Waals surface area (Å²) in [4.78, 5) is 8.61. The summed E-state index contributed by atoms with van der Waals surface area (Å²) in [7, 11) is 0. The first kappa shape index (κ1) is 13.8. The highest BCUT2D eigenvalue weighted by Crippen LogP contribution is 2.27. The lowest BCUT2D eigenvalue weighted by Gasteiger charge is -2.19. The minimum absolute atomic E-state index is 0.195. The Hall–Kier alpha value is -2.13. The number of benzene rings is 2. The van der Waals surface area contributed by atoms with E-state index in [0.717, 1.165) is 23.1 Å². The van der Waals surface area contributed by atoms with Gasteiger partial charge in [-0.25, -0.2) is 9.97 Å². The molecule has 1 atom stereocenters. The number of anilines is 1. The van der Waals surface area contributed by atoms with Gasteiger partial charge < -0.3 is 5.32 Å². The van der Waals surface area contributed by atoms with Crippen LogP contribution in [0.15, 0.2) is 54.6 Å². The van der Waals surface area contributed by atoms with Gasteiger partial charge in [0, 0.05) is 5.39 Å². The monoisotopic (exact) mass is 297 g/mol. The van der Waals surface area contributed by atoms with Gasteiger partial charge in [-0.1, -0.05) is 49.4 Å². The lowest BCUT2D eigenvalue weighted by atomic mass is 10.0. The molecule has 3 aromatic rings. The van der Waals surface area contributed by atoms with Gasteiger partial charge in [-0.05, 0) is 35.7 Å². The Morgan fingerprint density at radius 3 is 2.48 bits per heavy atom. The normalized spacial score (nSPS) is 12.3. The van der Waals surface area contributed by atoms with E-state index in [2.05, 4.69) is 34.3 Å². The second-order valence-corrected chi connectivity index (χ2v) is 5.21. The molecule has 2 aromatic carbocycles. The van der Waals surface area contributed by atoms with Crippen molar-refractivity contribution >= 4 is 28.3 Å². The summed E-state index contributed by atoms with van der Waals surface area (Å²) in [6, 6.07) is 18.4. The number of para-hydroxylation sites is 1. The van der Waals surface area contributed by atoms with Gasteiger partial charge in [0.15, 0.2) is 0 Å². The fourth-order valence-corrected chi connectivity index (χ4v) is 2.61. The third-order valence-electron chi connectivity index (χ3n) is 3.50. The van der Waals surface area contributed by atoms with E-state index in [1.165, 1.54) is 5.56 Å². The molecule has 0 saturated heterocycles. The zero-order valence-corrected chi connectivity index (χ0v) is 12.5. The van der Waals surface area contributed by atoms with Gasteiger partial charge >= 0.3 is 0 Å². The van der Waals surface area contributed by atoms with Crippen LogP contribution in [0.1, 0.15) is 24.9 Å². The second-order valence-electron chi connectivity index (χ2n) is 4.87. The van der Waals surface area contributed by atoms with Gasteiger partial charge in [0.25, 0.3) is 0 Å². The highest BCUT2D eigenvalue weighted by atomic mass is 35.5. The lowest BCUT2D eigenvalue weighted by Crippen LogP contribution is -2.11. The molecule has 1 heterocycles. The van der Waals surface area contributed by atoms with E-state index in [-0.39, 0.29) is 11.3 Å². The molecule has 21 heavy (non-hydrogen) atoms. The van der Waals surface area contributed by atoms with Gasteiger partial charge in [-0.15, -0.1) is 0 Å². The molecule has 0 radical (unpaired) electrons. The van der Waals surface area contributed by atoms with Crippen molar-refractivity contribution in [2.24, 2.45) is 0 Å². The molecule has 106 valence electrons. The number of halogens is 1. The van der Waals surface area contributed by atoms with E-state index in [1.54, 1.807) is 0 Å². The minimum atomic E-state index is 0.195. The highest BCUT2D eigenvalue weighted by Gasteiger charge is 2.12. The molecule has 0 aliphatic carbocycles. The van der Waals surface area contributed by atoms with Crippen molar-refractivity contribution in [1.82, 2.24) is 9.97 Å². The van der Waals surface area contributed by atoms with Crippen molar-refractivity contribution in [2.75, 3.05) is 5.32 Å². The average Bonchev–Trinajstić information content (AvgIpc) is 2.53. The van der Waals surface area contributed by atoms with E-state index < -0.39 is 0 Å². The number of aromatic nitrogens is 2. The van der Waals surface area contributed by atoms with Crippen LogP contribution in [-0.4, -0.2) is 9.97 Å². The molecule has 0 saturated carbocycles. The number of nitrogens with one attached hydrogen (secondary N) is 1. The van der Waals surface area contributed by atoms with E-state index >= 15 is 0 Å². The number of fused-ring (bicyclic) bond motifs is 1. The third kappa shape index (κ3) is 2.98. The molecule has 1 aromatic heterocycles. The summed E-state index contributed by atoms with van der Waals surface area (Å²) < 4.78 is 0. The fraction of sp³-hybridized carbons (Fsp3) is 0.176. The summed E-state index contributed by atoms with van der Waals surface area (Å²) >= 11 is 6.03. The maximum atomic E-state index is 6.03. The van der Waals surface area contributed by atoms with E-state index in [4.69, 9.17) is 11.6 Å². The molecule has 0 fully saturated rings. The summed E-state index contributed by atoms with van der Waals surface area (Å²) in [5, 5.41) is 4.74. The van der Waals surface area contributed by atoms with Crippen molar-refractivity contribution in [2.45, 2.75) is 19.4 Å². The zero-order valence-electron chi connectivity index (χ0n) is 11.8. The molecule has 0 aliphatic heterocycles. The first-order valence-corrected chi connectivity index (χ1v) is 7.39. The van der Waals surface area contributed by atoms with Crippen LogP contribution in [0.4, 0.5) is 5.82 Å². The summed E-state index contributed by atoms with van der Waals surface area (Å²) in [6.45, 7) is 2.15. The van der Waals surface area contributed by atoms with Crippen LogP contribution in [0.5, 0.6) is 0 Å². The Kier molecular flexibility index (Phi) is 4.02. The van der Waals surface area contributed by atoms with Crippen LogP contribution in [0.2, 0.25) is 5.28 Å². The van der Waals surface area contributed by atoms with Crippen LogP contribution in [0.3, 0.4) is 0 Å². The number of nitrogens with zero attached hydrogens (tertiary/aromatic N) is 2. The smallest absolute Gasteiger partial charge is 0.224 e. The van der Waals surface area contributed by atoms with Crippen LogP contribution in [0.25, 0.3) is 10.9 Å². The second kappa shape index (κ2) is 6.10. The number of hydrogen-bond donors (Lipinski definition) is 1. The van der Waals surface area contributed by atoms with Crippen LogP contribution < -0.4 is 5.32 Å². The molecule has 0 amide bonds. The Bertz CT molecular complexity index is 743. The summed E-state index contributed by atoms with van der Waals surface area (Å²) in [5.74, 6) is 0.779. The molecule has 0 bridgehead atoms. The average molecular weight is 298 g/mol. The van der Waals surface area contributed by atoms with Crippen molar-refractivity contribution in [1.29, 1.82) is 0 Å². The first-order chi connectivity index (χ1) is 10.3. The topological polar surface area (TPSA) is 37.8 Å². The molecular formula is C17H16ClN3. The van der Waals surface area contributed by atoms with Crippen LogP contribution in [0, 0.1) is 0 Å². The van der Waals surface area contributed by atoms with Gasteiger partial charge in [-0.2, -0.15) is 0 Å². The Labute approximate surface area is 129 Å². The molecule has 0 aliphatic rings. The molecule has 1 unspecified atom stereocenters. The van der Waals surface area contributed by atoms with Crippen LogP contribution >= 0.6 is 11.6 Å². The van der Waals surface area contributed by atoms with Gasteiger partial charge in [0.1, 0.15) is 5.82 Å². The van der Waals surface area contributed by atoms with Gasteiger partial charge in [-0.3, -0.25) is 0 Å². The Morgan fingerprint density at radius 2 is 1.71 bits per heavy atom. The maximum Gasteiger partial charge on any atom is 0.224 e. The van der Waals surface area contributed by atoms with E-state index in [1.807, 2.05) is 42.5 Å². The SMILES string of the molecule is CCC(Nc1nc(Cl)nc2ccccc12)c1ccccc1. The lowest BCUT2D eigenvalue weighted by molar-refractivity contribution is 0.745. The van der Waals surface area contributed by atoms with Crippen molar-refractivity contribution in [3.05, 3.63) is 65.4 Å². The maximum absolute atomic E-state index is 6.03. The number of hydrogen-bond acceptors (Lipinski definition) is 3. The van der Waals surface area contributed by atoms with Gasteiger partial charge in [0.05, 0.1) is 11.6 Å². The number of rotatable bonds is 4. The van der Waals surface area contributed by atoms with Gasteiger partial charge in [0.2, 0.25) is 5.28 Å². The molecule has 3 rings (SSSR count). The molecule has 0 spiro atoms. The fourth-order valence-electron chi connectivity index (χ4n) is 2.43. The Balaban J connectivity index is 2.00. The third-order valence-corrected chi connectivity index (χ3v) is 3.67. The predicted molar refractivity (Wildman–Crippen MR) is 87.6 cm³/mol. The standard InChI is InChI=1S/C17H16ClN3/c1-2-14(12-8-4-3-5-9-12)19-16-13-10-6-7-11-15(13)20-17(18)21-16/h3-11,14H,2H2,1H3,(H,19,20,21). The zero-order chi connectivity index (χ0) is 14.7. The quantitative estimate of drug-likeness (QED) is 0.700. The molecule has 3 nitrogen and oxygen atoms in total. The highest BCUT2D eigenvalue weighted by molar-refractivity contribution is 6.28. The largest absolute Gasteiger partial charge is 0.363 e. The van der Waals surface area contributed by atoms with Crippen molar-refractivity contribution in [3.8, 4) is 0 Å².